The molecule has 1 aliphatic heterocycles. The molecule has 0 unspecified atom stereocenters. The van der Waals surface area contributed by atoms with Crippen molar-refractivity contribution in [2.75, 3.05) is 19.7 Å². The summed E-state index contributed by atoms with van der Waals surface area (Å²) < 4.78 is 0. The van der Waals surface area contributed by atoms with Crippen molar-refractivity contribution < 1.29 is 9.90 Å². The van der Waals surface area contributed by atoms with Gasteiger partial charge in [0.1, 0.15) is 4.88 Å². The van der Waals surface area contributed by atoms with Crippen molar-refractivity contribution in [2.45, 2.75) is 33.1 Å². The average Bonchev–Trinajstić information content (AvgIpc) is 2.84. The van der Waals surface area contributed by atoms with E-state index in [2.05, 4.69) is 11.9 Å². The number of carbonyl (C=O) groups is 1. The quantitative estimate of drug-likeness (QED) is 0.913. The molecule has 0 aromatic carbocycles. The molecule has 0 atom stereocenters. The number of nitrogens with zero attached hydrogens (tertiary/aromatic N) is 2. The number of aliphatic hydroxyl groups excluding tert-OH is 1. The molecule has 1 saturated heterocycles. The lowest BCUT2D eigenvalue weighted by Gasteiger charge is -2.40. The Morgan fingerprint density at radius 2 is 2.22 bits per heavy atom. The van der Waals surface area contributed by atoms with Crippen molar-refractivity contribution in [1.29, 1.82) is 0 Å². The maximum absolute atomic E-state index is 12.3. The van der Waals surface area contributed by atoms with Crippen LogP contribution in [0.15, 0.2) is 5.51 Å². The van der Waals surface area contributed by atoms with Crippen molar-refractivity contribution in [3.63, 3.8) is 0 Å². The van der Waals surface area contributed by atoms with Gasteiger partial charge in [-0.1, -0.05) is 6.92 Å². The minimum absolute atomic E-state index is 0.0273. The third kappa shape index (κ3) is 2.42. The van der Waals surface area contributed by atoms with Crippen molar-refractivity contribution in [3.05, 3.63) is 16.1 Å². The molecule has 1 aliphatic rings. The number of likely N-dealkylation sites (tertiary alicyclic amines) is 1. The van der Waals surface area contributed by atoms with Crippen LogP contribution in [0.1, 0.15) is 41.6 Å². The van der Waals surface area contributed by atoms with Crippen LogP contribution in [-0.2, 0) is 0 Å². The molecule has 18 heavy (non-hydrogen) atoms. The Balaban J connectivity index is 2.02. The molecule has 2 rings (SSSR count). The highest BCUT2D eigenvalue weighted by Crippen LogP contribution is 2.34. The fourth-order valence-electron chi connectivity index (χ4n) is 2.46. The molecule has 1 aromatic heterocycles. The van der Waals surface area contributed by atoms with Crippen LogP contribution < -0.4 is 0 Å². The largest absolute Gasteiger partial charge is 0.396 e. The Bertz CT molecular complexity index is 416. The Labute approximate surface area is 112 Å². The smallest absolute Gasteiger partial charge is 0.265 e. The standard InChI is InChI=1S/C13H20N2O2S/c1-3-13(8-16)4-6-15(7-5-13)12(17)11-10(2)14-9-18-11/h9,16H,3-8H2,1-2H3. The van der Waals surface area contributed by atoms with E-state index in [0.29, 0.717) is 0 Å². The average molecular weight is 268 g/mol. The molecule has 5 heteroatoms. The first-order valence-electron chi connectivity index (χ1n) is 6.42. The Morgan fingerprint density at radius 1 is 1.56 bits per heavy atom. The molecule has 0 saturated carbocycles. The van der Waals surface area contributed by atoms with Gasteiger partial charge in [-0.05, 0) is 31.6 Å². The number of hydrogen-bond acceptors (Lipinski definition) is 4. The highest BCUT2D eigenvalue weighted by molar-refractivity contribution is 7.11. The fourth-order valence-corrected chi connectivity index (χ4v) is 3.23. The monoisotopic (exact) mass is 268 g/mol. The van der Waals surface area contributed by atoms with Gasteiger partial charge in [0, 0.05) is 19.7 Å². The number of hydrogen-bond donors (Lipinski definition) is 1. The van der Waals surface area contributed by atoms with Gasteiger partial charge in [0.15, 0.2) is 0 Å². The van der Waals surface area contributed by atoms with Gasteiger partial charge >= 0.3 is 0 Å². The topological polar surface area (TPSA) is 53.4 Å². The van der Waals surface area contributed by atoms with Crippen LogP contribution >= 0.6 is 11.3 Å². The van der Waals surface area contributed by atoms with E-state index in [0.717, 1.165) is 42.9 Å². The lowest BCUT2D eigenvalue weighted by Crippen LogP contribution is -2.44. The second-order valence-electron chi connectivity index (χ2n) is 5.07. The number of piperidine rings is 1. The molecule has 4 nitrogen and oxygen atoms in total. The van der Waals surface area contributed by atoms with Crippen LogP contribution in [0.2, 0.25) is 0 Å². The van der Waals surface area contributed by atoms with Crippen LogP contribution in [-0.4, -0.2) is 40.6 Å². The predicted molar refractivity (Wildman–Crippen MR) is 71.8 cm³/mol. The van der Waals surface area contributed by atoms with Gasteiger partial charge in [0.25, 0.3) is 5.91 Å². The third-order valence-corrected chi connectivity index (χ3v) is 5.05. The van der Waals surface area contributed by atoms with Crippen molar-refractivity contribution in [2.24, 2.45) is 5.41 Å². The zero-order chi connectivity index (χ0) is 13.2. The van der Waals surface area contributed by atoms with Gasteiger partial charge < -0.3 is 10.0 Å². The summed E-state index contributed by atoms with van der Waals surface area (Å²) in [5.41, 5.74) is 2.57. The molecule has 1 fully saturated rings. The molecular weight excluding hydrogens is 248 g/mol. The summed E-state index contributed by atoms with van der Waals surface area (Å²) >= 11 is 1.41. The zero-order valence-electron chi connectivity index (χ0n) is 11.0. The van der Waals surface area contributed by atoms with Crippen molar-refractivity contribution in [1.82, 2.24) is 9.88 Å². The SMILES string of the molecule is CCC1(CO)CCN(C(=O)c2scnc2C)CC1. The number of aliphatic hydroxyl groups is 1. The van der Waals surface area contributed by atoms with E-state index in [1.54, 1.807) is 5.51 Å². The van der Waals surface area contributed by atoms with E-state index in [9.17, 15) is 9.90 Å². The summed E-state index contributed by atoms with van der Waals surface area (Å²) in [4.78, 5) is 19.1. The van der Waals surface area contributed by atoms with Crippen LogP contribution in [0, 0.1) is 12.3 Å². The van der Waals surface area contributed by atoms with Gasteiger partial charge in [-0.2, -0.15) is 0 Å². The molecule has 0 radical (unpaired) electrons. The molecule has 2 heterocycles. The maximum atomic E-state index is 12.3. The minimum Gasteiger partial charge on any atom is -0.396 e. The second-order valence-corrected chi connectivity index (χ2v) is 5.93. The summed E-state index contributed by atoms with van der Waals surface area (Å²) in [5.74, 6) is 0.0950. The van der Waals surface area contributed by atoms with Gasteiger partial charge in [-0.3, -0.25) is 4.79 Å². The van der Waals surface area contributed by atoms with Crippen LogP contribution in [0.25, 0.3) is 0 Å². The summed E-state index contributed by atoms with van der Waals surface area (Å²) in [7, 11) is 0. The van der Waals surface area contributed by atoms with Crippen molar-refractivity contribution >= 4 is 17.2 Å². The first-order chi connectivity index (χ1) is 8.62. The number of rotatable bonds is 3. The first kappa shape index (κ1) is 13.5. The van der Waals surface area contributed by atoms with Gasteiger partial charge in [-0.15, -0.1) is 11.3 Å². The lowest BCUT2D eigenvalue weighted by atomic mass is 9.77. The van der Waals surface area contributed by atoms with Crippen LogP contribution in [0.5, 0.6) is 0 Å². The molecule has 1 aromatic rings. The van der Waals surface area contributed by atoms with Crippen molar-refractivity contribution in [3.8, 4) is 0 Å². The van der Waals surface area contributed by atoms with Crippen LogP contribution in [0.3, 0.4) is 0 Å². The highest BCUT2D eigenvalue weighted by Gasteiger charge is 2.34. The van der Waals surface area contributed by atoms with Gasteiger partial charge in [0.05, 0.1) is 11.2 Å². The molecule has 0 bridgehead atoms. The first-order valence-corrected chi connectivity index (χ1v) is 7.30. The Kier molecular flexibility index (Phi) is 4.02. The predicted octanol–water partition coefficient (Wildman–Crippen LogP) is 2.08. The van der Waals surface area contributed by atoms with E-state index in [4.69, 9.17) is 0 Å². The molecule has 100 valence electrons. The van der Waals surface area contributed by atoms with E-state index >= 15 is 0 Å². The molecule has 1 N–H and O–H groups in total. The maximum Gasteiger partial charge on any atom is 0.265 e. The normalized spacial score (nSPS) is 18.9. The zero-order valence-corrected chi connectivity index (χ0v) is 11.8. The van der Waals surface area contributed by atoms with E-state index in [-0.39, 0.29) is 17.9 Å². The number of amides is 1. The third-order valence-electron chi connectivity index (χ3n) is 4.14. The second kappa shape index (κ2) is 5.36. The Hall–Kier alpha value is -0.940. The summed E-state index contributed by atoms with van der Waals surface area (Å²) in [6, 6.07) is 0. The summed E-state index contributed by atoms with van der Waals surface area (Å²) in [6.45, 7) is 5.69. The lowest BCUT2D eigenvalue weighted by molar-refractivity contribution is 0.0340. The number of aromatic nitrogens is 1. The van der Waals surface area contributed by atoms with E-state index in [1.165, 1.54) is 11.3 Å². The molecule has 0 spiro atoms. The Morgan fingerprint density at radius 3 is 2.67 bits per heavy atom. The fraction of sp³-hybridized carbons (Fsp3) is 0.692. The summed E-state index contributed by atoms with van der Waals surface area (Å²) in [5, 5.41) is 9.48. The number of aryl methyl sites for hydroxylation is 1. The van der Waals surface area contributed by atoms with E-state index in [1.807, 2.05) is 11.8 Å². The van der Waals surface area contributed by atoms with E-state index < -0.39 is 0 Å². The number of thiazole rings is 1. The summed E-state index contributed by atoms with van der Waals surface area (Å²) in [6.07, 6.45) is 2.76. The molecule has 0 aliphatic carbocycles. The molecular formula is C13H20N2O2S. The highest BCUT2D eigenvalue weighted by atomic mass is 32.1. The van der Waals surface area contributed by atoms with Gasteiger partial charge in [-0.25, -0.2) is 4.98 Å². The van der Waals surface area contributed by atoms with Gasteiger partial charge in [0.2, 0.25) is 0 Å². The molecule has 1 amide bonds. The minimum atomic E-state index is 0.0273. The van der Waals surface area contributed by atoms with Crippen LogP contribution in [0.4, 0.5) is 0 Å². The number of carbonyl (C=O) groups excluding carboxylic acids is 1.